The van der Waals surface area contributed by atoms with Gasteiger partial charge in [0.15, 0.2) is 0 Å². The lowest BCUT2D eigenvalue weighted by Gasteiger charge is -2.12. The Morgan fingerprint density at radius 3 is 2.84 bits per heavy atom. The fourth-order valence-electron chi connectivity index (χ4n) is 1.77. The zero-order chi connectivity index (χ0) is 13.2. The third-order valence-electron chi connectivity index (χ3n) is 2.91. The molecule has 0 aliphatic heterocycles. The van der Waals surface area contributed by atoms with Gasteiger partial charge in [-0.2, -0.15) is 5.10 Å². The predicted octanol–water partition coefficient (Wildman–Crippen LogP) is 2.89. The topological polar surface area (TPSA) is 69.8 Å². The van der Waals surface area contributed by atoms with Crippen molar-refractivity contribution in [2.75, 3.05) is 10.6 Å². The van der Waals surface area contributed by atoms with E-state index >= 15 is 0 Å². The highest BCUT2D eigenvalue weighted by atomic mass is 35.5. The molecule has 2 aromatic rings. The number of amides is 1. The van der Waals surface area contributed by atoms with Crippen molar-refractivity contribution in [3.63, 3.8) is 0 Å². The number of anilines is 2. The Kier molecular flexibility index (Phi) is 3.13. The SMILES string of the molecule is O=C(Nc1cc(Cl)ccc1NC1CC1)c1ccn[nH]1. The molecular formula is C13H13ClN4O. The lowest BCUT2D eigenvalue weighted by atomic mass is 10.2. The highest BCUT2D eigenvalue weighted by molar-refractivity contribution is 6.31. The Labute approximate surface area is 115 Å². The standard InChI is InChI=1S/C13H13ClN4O/c14-8-1-4-10(16-9-2-3-9)12(7-8)17-13(19)11-5-6-15-18-11/h1,4-7,9,16H,2-3H2,(H,15,18)(H,17,19). The van der Waals surface area contributed by atoms with E-state index in [4.69, 9.17) is 11.6 Å². The number of carbonyl (C=O) groups excluding carboxylic acids is 1. The van der Waals surface area contributed by atoms with E-state index in [1.807, 2.05) is 6.07 Å². The molecule has 0 unspecified atom stereocenters. The average Bonchev–Trinajstić information content (AvgIpc) is 3.03. The van der Waals surface area contributed by atoms with E-state index < -0.39 is 0 Å². The van der Waals surface area contributed by atoms with Gasteiger partial charge in [-0.25, -0.2) is 0 Å². The van der Waals surface area contributed by atoms with Gasteiger partial charge in [-0.15, -0.1) is 0 Å². The van der Waals surface area contributed by atoms with Crippen LogP contribution in [0.2, 0.25) is 5.02 Å². The molecular weight excluding hydrogens is 264 g/mol. The van der Waals surface area contributed by atoms with Gasteiger partial charge in [0.05, 0.1) is 11.4 Å². The molecule has 1 heterocycles. The fraction of sp³-hybridized carbons (Fsp3) is 0.231. The van der Waals surface area contributed by atoms with E-state index in [2.05, 4.69) is 20.8 Å². The number of aromatic nitrogens is 2. The molecule has 1 aromatic carbocycles. The van der Waals surface area contributed by atoms with Crippen molar-refractivity contribution in [1.29, 1.82) is 0 Å². The van der Waals surface area contributed by atoms with Crippen molar-refractivity contribution in [1.82, 2.24) is 10.2 Å². The first-order valence-corrected chi connectivity index (χ1v) is 6.47. The van der Waals surface area contributed by atoms with Crippen molar-refractivity contribution in [3.8, 4) is 0 Å². The van der Waals surface area contributed by atoms with Crippen LogP contribution in [0, 0.1) is 0 Å². The second-order valence-corrected chi connectivity index (χ2v) is 4.97. The Morgan fingerprint density at radius 2 is 2.16 bits per heavy atom. The summed E-state index contributed by atoms with van der Waals surface area (Å²) in [6.07, 6.45) is 3.86. The number of nitrogens with zero attached hydrogens (tertiary/aromatic N) is 1. The summed E-state index contributed by atoms with van der Waals surface area (Å²) in [6.45, 7) is 0. The summed E-state index contributed by atoms with van der Waals surface area (Å²) in [4.78, 5) is 12.0. The Morgan fingerprint density at radius 1 is 1.32 bits per heavy atom. The molecule has 98 valence electrons. The van der Waals surface area contributed by atoms with Gasteiger partial charge in [-0.1, -0.05) is 11.6 Å². The van der Waals surface area contributed by atoms with Crippen LogP contribution in [0.25, 0.3) is 0 Å². The van der Waals surface area contributed by atoms with Gasteiger partial charge in [0, 0.05) is 17.3 Å². The Balaban J connectivity index is 1.81. The molecule has 5 nitrogen and oxygen atoms in total. The second kappa shape index (κ2) is 4.93. The fourth-order valence-corrected chi connectivity index (χ4v) is 1.94. The summed E-state index contributed by atoms with van der Waals surface area (Å²) in [5, 5.41) is 13.2. The monoisotopic (exact) mass is 276 g/mol. The van der Waals surface area contributed by atoms with E-state index in [9.17, 15) is 4.79 Å². The van der Waals surface area contributed by atoms with Gasteiger partial charge in [0.1, 0.15) is 5.69 Å². The first-order valence-electron chi connectivity index (χ1n) is 6.09. The molecule has 3 N–H and O–H groups in total. The van der Waals surface area contributed by atoms with Crippen LogP contribution in [0.4, 0.5) is 11.4 Å². The number of benzene rings is 1. The molecule has 1 amide bonds. The van der Waals surface area contributed by atoms with Crippen LogP contribution in [-0.2, 0) is 0 Å². The van der Waals surface area contributed by atoms with Crippen molar-refractivity contribution in [3.05, 3.63) is 41.2 Å². The lowest BCUT2D eigenvalue weighted by Crippen LogP contribution is -2.14. The van der Waals surface area contributed by atoms with Crippen LogP contribution >= 0.6 is 11.6 Å². The van der Waals surface area contributed by atoms with Crippen LogP contribution in [0.1, 0.15) is 23.3 Å². The first-order chi connectivity index (χ1) is 9.22. The lowest BCUT2D eigenvalue weighted by molar-refractivity contribution is 0.102. The van der Waals surface area contributed by atoms with Gasteiger partial charge in [-0.3, -0.25) is 9.89 Å². The number of aromatic amines is 1. The molecule has 1 saturated carbocycles. The molecule has 0 spiro atoms. The van der Waals surface area contributed by atoms with E-state index in [-0.39, 0.29) is 5.91 Å². The third-order valence-corrected chi connectivity index (χ3v) is 3.15. The molecule has 1 aliphatic rings. The molecule has 19 heavy (non-hydrogen) atoms. The number of H-pyrrole nitrogens is 1. The van der Waals surface area contributed by atoms with Gasteiger partial charge >= 0.3 is 0 Å². The molecule has 0 radical (unpaired) electrons. The minimum absolute atomic E-state index is 0.237. The van der Waals surface area contributed by atoms with Gasteiger partial charge in [-0.05, 0) is 37.1 Å². The number of carbonyl (C=O) groups is 1. The Bertz CT molecular complexity index is 593. The summed E-state index contributed by atoms with van der Waals surface area (Å²) in [5.41, 5.74) is 1.98. The smallest absolute Gasteiger partial charge is 0.273 e. The number of nitrogens with one attached hydrogen (secondary N) is 3. The summed E-state index contributed by atoms with van der Waals surface area (Å²) in [6, 6.07) is 7.54. The Hall–Kier alpha value is -2.01. The van der Waals surface area contributed by atoms with Gasteiger partial charge < -0.3 is 10.6 Å². The number of rotatable bonds is 4. The maximum Gasteiger partial charge on any atom is 0.273 e. The average molecular weight is 277 g/mol. The predicted molar refractivity (Wildman–Crippen MR) is 74.6 cm³/mol. The van der Waals surface area contributed by atoms with Crippen molar-refractivity contribution in [2.24, 2.45) is 0 Å². The zero-order valence-electron chi connectivity index (χ0n) is 10.1. The van der Waals surface area contributed by atoms with E-state index in [1.54, 1.807) is 18.2 Å². The van der Waals surface area contributed by atoms with Crippen LogP contribution in [0.15, 0.2) is 30.5 Å². The number of hydrogen-bond donors (Lipinski definition) is 3. The molecule has 1 aromatic heterocycles. The second-order valence-electron chi connectivity index (χ2n) is 4.53. The quantitative estimate of drug-likeness (QED) is 0.804. The zero-order valence-corrected chi connectivity index (χ0v) is 10.9. The summed E-state index contributed by atoms with van der Waals surface area (Å²) < 4.78 is 0. The summed E-state index contributed by atoms with van der Waals surface area (Å²) in [7, 11) is 0. The molecule has 0 bridgehead atoms. The minimum atomic E-state index is -0.237. The van der Waals surface area contributed by atoms with Gasteiger partial charge in [0.25, 0.3) is 5.91 Å². The molecule has 1 aliphatic carbocycles. The molecule has 6 heteroatoms. The molecule has 1 fully saturated rings. The van der Waals surface area contributed by atoms with E-state index in [0.717, 1.165) is 18.5 Å². The van der Waals surface area contributed by atoms with Crippen molar-refractivity contribution < 1.29 is 4.79 Å². The largest absolute Gasteiger partial charge is 0.381 e. The summed E-state index contributed by atoms with van der Waals surface area (Å²) >= 11 is 5.98. The van der Waals surface area contributed by atoms with Crippen LogP contribution in [0.5, 0.6) is 0 Å². The van der Waals surface area contributed by atoms with Crippen LogP contribution in [0.3, 0.4) is 0 Å². The molecule has 0 atom stereocenters. The molecule has 3 rings (SSSR count). The van der Waals surface area contributed by atoms with E-state index in [0.29, 0.717) is 22.4 Å². The van der Waals surface area contributed by atoms with Crippen LogP contribution in [-0.4, -0.2) is 22.1 Å². The van der Waals surface area contributed by atoms with E-state index in [1.165, 1.54) is 6.20 Å². The number of halogens is 1. The third kappa shape index (κ3) is 2.88. The maximum atomic E-state index is 12.0. The number of hydrogen-bond acceptors (Lipinski definition) is 3. The highest BCUT2D eigenvalue weighted by Crippen LogP contribution is 2.31. The normalized spacial score (nSPS) is 14.2. The highest BCUT2D eigenvalue weighted by Gasteiger charge is 2.22. The first kappa shape index (κ1) is 12.0. The van der Waals surface area contributed by atoms with Gasteiger partial charge in [0.2, 0.25) is 0 Å². The van der Waals surface area contributed by atoms with Crippen molar-refractivity contribution >= 4 is 28.9 Å². The maximum absolute atomic E-state index is 12.0. The minimum Gasteiger partial charge on any atom is -0.381 e. The van der Waals surface area contributed by atoms with Crippen molar-refractivity contribution in [2.45, 2.75) is 18.9 Å². The summed E-state index contributed by atoms with van der Waals surface area (Å²) in [5.74, 6) is -0.237. The van der Waals surface area contributed by atoms with Crippen LogP contribution < -0.4 is 10.6 Å². The molecule has 0 saturated heterocycles.